The Hall–Kier alpha value is -7.25. The quantitative estimate of drug-likeness (QED) is 0.0967. The van der Waals surface area contributed by atoms with Gasteiger partial charge in [-0.15, -0.1) is 11.3 Å². The van der Waals surface area contributed by atoms with Gasteiger partial charge >= 0.3 is 12.2 Å². The lowest BCUT2D eigenvalue weighted by Gasteiger charge is -2.38. The summed E-state index contributed by atoms with van der Waals surface area (Å²) in [7, 11) is 2.57. The number of ether oxygens (including phenoxy) is 4. The van der Waals surface area contributed by atoms with Crippen LogP contribution in [0.1, 0.15) is 101 Å². The zero-order valence-corrected chi connectivity index (χ0v) is 43.0. The van der Waals surface area contributed by atoms with E-state index in [4.69, 9.17) is 28.9 Å². The summed E-state index contributed by atoms with van der Waals surface area (Å²) in [4.78, 5) is 74.1. The molecule has 0 aliphatic carbocycles. The van der Waals surface area contributed by atoms with E-state index in [1.807, 2.05) is 69.0 Å². The number of nitrogens with zero attached hydrogens (tertiary/aromatic N) is 5. The first kappa shape index (κ1) is 49.0. The van der Waals surface area contributed by atoms with Crippen molar-refractivity contribution in [2.24, 2.45) is 11.8 Å². The van der Waals surface area contributed by atoms with Gasteiger partial charge in [0.05, 0.1) is 83.9 Å². The number of likely N-dealkylation sites (tertiary alicyclic amines) is 2. The van der Waals surface area contributed by atoms with Crippen LogP contribution in [-0.2, 0) is 23.8 Å². The third-order valence-electron chi connectivity index (χ3n) is 15.1. The van der Waals surface area contributed by atoms with Crippen LogP contribution in [0.2, 0.25) is 0 Å². The van der Waals surface area contributed by atoms with E-state index in [0.29, 0.717) is 78.7 Å². The van der Waals surface area contributed by atoms with E-state index in [9.17, 15) is 19.2 Å². The number of hydrogen-bond donors (Lipinski definition) is 4. The van der Waals surface area contributed by atoms with Crippen molar-refractivity contribution in [3.63, 3.8) is 0 Å². The van der Waals surface area contributed by atoms with E-state index in [2.05, 4.69) is 49.4 Å². The Kier molecular flexibility index (Phi) is 13.2. The molecule has 0 radical (unpaired) electrons. The number of carbonyl (C=O) groups is 4. The fourth-order valence-corrected chi connectivity index (χ4v) is 12.8. The lowest BCUT2D eigenvalue weighted by atomic mass is 9.85. The van der Waals surface area contributed by atoms with E-state index >= 15 is 4.39 Å². The molecule has 3 unspecified atom stereocenters. The first-order chi connectivity index (χ1) is 35.8. The van der Waals surface area contributed by atoms with Crippen LogP contribution in [0, 0.1) is 17.7 Å². The Morgan fingerprint density at radius 3 is 2.09 bits per heavy atom. The summed E-state index contributed by atoms with van der Waals surface area (Å²) >= 11 is 1.63. The molecule has 386 valence electrons. The minimum atomic E-state index is -0.778. The van der Waals surface area contributed by atoms with Gasteiger partial charge in [-0.05, 0) is 112 Å². The van der Waals surface area contributed by atoms with Crippen LogP contribution in [0.15, 0.2) is 79.1 Å². The smallest absolute Gasteiger partial charge is 0.407 e. The standard InChI is InChI=1S/C55H60FN9O8S/c1-28(2)47(61-54(68)70-5)51(66)63-17-9-12-40(63)50-58-27-38(60-50)33-22-36(56)46-42-23-34-21-31(15-16-39(34)65(42)53(73-43(46)24-33)45-25-32-11-7-8-14-44(32)74-45)37-26-57-49(59-37)41-13-10-18-64(41)52(67)48(62-55(69)71-6)35-19-29(3)72-30(4)20-35/h7-8,11,14-16,21-30,35,40-41,47-48,53H,9-10,12-13,17-20H2,1-6H3,(H,57,59)(H,58,60)(H,61,68)(H,62,69)/t29-,30+,35?,40-,41-,47-,48?,53?/m0/s1. The van der Waals surface area contributed by atoms with Gasteiger partial charge in [-0.1, -0.05) is 38.1 Å². The van der Waals surface area contributed by atoms with Crippen molar-refractivity contribution in [1.82, 2.24) is 44.9 Å². The van der Waals surface area contributed by atoms with Gasteiger partial charge in [0, 0.05) is 34.3 Å². The van der Waals surface area contributed by atoms with Crippen LogP contribution >= 0.6 is 11.3 Å². The number of carbonyl (C=O) groups excluding carboxylic acids is 4. The maximum atomic E-state index is 17.1. The average Bonchev–Trinajstić information content (AvgIpc) is 4.27. The van der Waals surface area contributed by atoms with Gasteiger partial charge in [-0.25, -0.2) is 23.9 Å². The molecular weight excluding hydrogens is 966 g/mol. The van der Waals surface area contributed by atoms with Gasteiger partial charge in [-0.2, -0.15) is 0 Å². The molecule has 4 aromatic heterocycles. The van der Waals surface area contributed by atoms with Crippen molar-refractivity contribution < 1.29 is 42.5 Å². The Morgan fingerprint density at radius 2 is 1.43 bits per heavy atom. The first-order valence-corrected chi connectivity index (χ1v) is 26.3. The van der Waals surface area contributed by atoms with Crippen LogP contribution in [0.3, 0.4) is 0 Å². The van der Waals surface area contributed by atoms with E-state index in [-0.39, 0.29) is 47.9 Å². The van der Waals surface area contributed by atoms with E-state index in [1.165, 1.54) is 20.3 Å². The molecule has 4 aliphatic heterocycles. The molecule has 0 spiro atoms. The molecule has 17 nitrogen and oxygen atoms in total. The maximum absolute atomic E-state index is 17.1. The molecule has 4 N–H and O–H groups in total. The predicted octanol–water partition coefficient (Wildman–Crippen LogP) is 10.0. The number of alkyl carbamates (subject to hydrolysis) is 2. The molecule has 4 amide bonds. The second-order valence-corrected chi connectivity index (χ2v) is 21.5. The highest BCUT2D eigenvalue weighted by atomic mass is 32.1. The summed E-state index contributed by atoms with van der Waals surface area (Å²) in [5, 5.41) is 7.50. The second-order valence-electron chi connectivity index (χ2n) is 20.4. The Morgan fingerprint density at radius 1 is 0.784 bits per heavy atom. The first-order valence-electron chi connectivity index (χ1n) is 25.5. The number of rotatable bonds is 11. The highest BCUT2D eigenvalue weighted by Gasteiger charge is 2.43. The minimum Gasteiger partial charge on any atom is -0.464 e. The number of H-pyrrole nitrogens is 2. The van der Waals surface area contributed by atoms with Crippen molar-refractivity contribution in [3.05, 3.63) is 101 Å². The van der Waals surface area contributed by atoms with Crippen molar-refractivity contribution in [2.75, 3.05) is 27.3 Å². The molecule has 4 aliphatic rings. The van der Waals surface area contributed by atoms with E-state index in [0.717, 1.165) is 50.0 Å². The van der Waals surface area contributed by atoms with Gasteiger partial charge in [0.1, 0.15) is 35.3 Å². The summed E-state index contributed by atoms with van der Waals surface area (Å²) in [5.74, 6) is 0.437. The Labute approximate surface area is 431 Å². The molecule has 74 heavy (non-hydrogen) atoms. The van der Waals surface area contributed by atoms with Crippen LogP contribution in [0.25, 0.3) is 54.8 Å². The summed E-state index contributed by atoms with van der Waals surface area (Å²) < 4.78 is 42.9. The number of aromatic nitrogens is 5. The van der Waals surface area contributed by atoms with Crippen molar-refractivity contribution >= 4 is 56.3 Å². The monoisotopic (exact) mass is 1030 g/mol. The van der Waals surface area contributed by atoms with Gasteiger partial charge in [0.15, 0.2) is 0 Å². The highest BCUT2D eigenvalue weighted by molar-refractivity contribution is 7.19. The molecule has 0 saturated carbocycles. The maximum Gasteiger partial charge on any atom is 0.407 e. The van der Waals surface area contributed by atoms with Crippen LogP contribution in [0.4, 0.5) is 14.0 Å². The molecule has 7 aromatic rings. The van der Waals surface area contributed by atoms with Gasteiger partial charge in [0.25, 0.3) is 0 Å². The molecule has 3 fully saturated rings. The zero-order chi connectivity index (χ0) is 51.5. The number of fused-ring (bicyclic) bond motifs is 6. The molecule has 3 saturated heterocycles. The normalized spacial score (nSPS) is 22.3. The number of methoxy groups -OCH3 is 2. The summed E-state index contributed by atoms with van der Waals surface area (Å²) in [6.07, 6.45) is 5.56. The number of imidazole rings is 2. The van der Waals surface area contributed by atoms with Crippen LogP contribution < -0.4 is 15.4 Å². The average molecular weight is 1030 g/mol. The highest BCUT2D eigenvalue weighted by Crippen LogP contribution is 2.49. The number of halogens is 1. The molecular formula is C55H60FN9O8S. The SMILES string of the molecule is COC(=O)NC(C(=O)N1CCC[C@H]1c1ncc(-c2ccc3c(c2)cc2n3C(c3cc4ccccc4s3)Oc3cc(-c4cnc([C@@H]5CCCN5C(=O)[C@@H](NC(=O)OC)C(C)C)[nH]4)cc(F)c3-2)[nH]1)C1C[C@@H](C)O[C@@H](C)C1. The lowest BCUT2D eigenvalue weighted by molar-refractivity contribution is -0.138. The summed E-state index contributed by atoms with van der Waals surface area (Å²) in [5.41, 5.74) is 4.56. The number of amides is 4. The largest absolute Gasteiger partial charge is 0.464 e. The van der Waals surface area contributed by atoms with Gasteiger partial charge < -0.3 is 49.3 Å². The van der Waals surface area contributed by atoms with Crippen molar-refractivity contribution in [3.8, 4) is 39.5 Å². The molecule has 3 aromatic carbocycles. The van der Waals surface area contributed by atoms with Crippen LogP contribution in [-0.4, -0.2) is 110 Å². The van der Waals surface area contributed by atoms with E-state index in [1.54, 1.807) is 28.6 Å². The summed E-state index contributed by atoms with van der Waals surface area (Å²) in [6, 6.07) is 19.5. The van der Waals surface area contributed by atoms with Crippen molar-refractivity contribution in [1.29, 1.82) is 0 Å². The molecule has 0 bridgehead atoms. The fraction of sp³-hybridized carbons (Fsp3) is 0.418. The van der Waals surface area contributed by atoms with E-state index < -0.39 is 36.3 Å². The number of hydrogen-bond acceptors (Lipinski definition) is 11. The molecule has 19 heteroatoms. The third kappa shape index (κ3) is 9.03. The number of nitrogens with one attached hydrogen (secondary N) is 4. The third-order valence-corrected chi connectivity index (χ3v) is 16.3. The molecule has 11 rings (SSSR count). The molecule has 8 atom stereocenters. The van der Waals surface area contributed by atoms with Gasteiger partial charge in [-0.3, -0.25) is 14.2 Å². The zero-order valence-electron chi connectivity index (χ0n) is 42.1. The lowest BCUT2D eigenvalue weighted by Crippen LogP contribution is -2.54. The van der Waals surface area contributed by atoms with Crippen molar-refractivity contribution in [2.45, 2.75) is 109 Å². The summed E-state index contributed by atoms with van der Waals surface area (Å²) in [6.45, 7) is 8.76. The van der Waals surface area contributed by atoms with Gasteiger partial charge in [0.2, 0.25) is 18.0 Å². The Bertz CT molecular complexity index is 3250. The number of benzene rings is 3. The number of aromatic amines is 2. The van der Waals surface area contributed by atoms with Crippen LogP contribution in [0.5, 0.6) is 5.75 Å². The second kappa shape index (κ2) is 19.9. The number of thiophene rings is 1. The Balaban J connectivity index is 0.906. The molecule has 8 heterocycles. The topological polar surface area (TPSA) is 198 Å². The minimum absolute atomic E-state index is 0.0540. The predicted molar refractivity (Wildman–Crippen MR) is 277 cm³/mol. The fourth-order valence-electron chi connectivity index (χ4n) is 11.7.